The monoisotopic (exact) mass is 436 g/mol. The van der Waals surface area contributed by atoms with Crippen LogP contribution >= 0.6 is 0 Å². The Morgan fingerprint density at radius 1 is 1.09 bits per heavy atom. The lowest BCUT2D eigenvalue weighted by Gasteiger charge is -2.08. The van der Waals surface area contributed by atoms with Crippen LogP contribution < -0.4 is 9.47 Å². The average Bonchev–Trinajstić information content (AvgIpc) is 3.21. The first-order valence-electron chi connectivity index (χ1n) is 10.3. The van der Waals surface area contributed by atoms with Crippen LogP contribution in [0.15, 0.2) is 40.9 Å². The third-order valence-corrected chi connectivity index (χ3v) is 5.13. The van der Waals surface area contributed by atoms with Crippen LogP contribution in [0.4, 0.5) is 0 Å². The summed E-state index contributed by atoms with van der Waals surface area (Å²) >= 11 is 0. The van der Waals surface area contributed by atoms with Crippen molar-refractivity contribution in [3.63, 3.8) is 0 Å². The molecule has 0 saturated heterocycles. The van der Waals surface area contributed by atoms with Crippen LogP contribution in [0, 0.1) is 20.8 Å². The molecular formula is C24H24N2O6. The molecule has 4 rings (SSSR count). The summed E-state index contributed by atoms with van der Waals surface area (Å²) in [7, 11) is 0. The Labute approximate surface area is 185 Å². The number of benzene rings is 1. The van der Waals surface area contributed by atoms with Gasteiger partial charge in [0.15, 0.2) is 29.7 Å². The molecular weight excluding hydrogens is 412 g/mol. The SMILES string of the molecule is Cc1cc(-n2c(C)cc(/C=C/C(=O)OCC(=O)c3ccc4c(c3)OCCCO4)c2C)no1. The third-order valence-electron chi connectivity index (χ3n) is 5.13. The van der Waals surface area contributed by atoms with Gasteiger partial charge in [-0.15, -0.1) is 0 Å². The number of aryl methyl sites for hydroxylation is 2. The zero-order chi connectivity index (χ0) is 22.7. The molecule has 0 unspecified atom stereocenters. The highest BCUT2D eigenvalue weighted by atomic mass is 16.5. The number of carbonyl (C=O) groups excluding carboxylic acids is 2. The molecule has 0 aliphatic carbocycles. The van der Waals surface area contributed by atoms with Gasteiger partial charge < -0.3 is 18.7 Å². The first-order valence-corrected chi connectivity index (χ1v) is 10.3. The summed E-state index contributed by atoms with van der Waals surface area (Å²) in [6, 6.07) is 8.73. The van der Waals surface area contributed by atoms with Crippen molar-refractivity contribution in [3.05, 3.63) is 64.7 Å². The van der Waals surface area contributed by atoms with Gasteiger partial charge in [0.1, 0.15) is 5.76 Å². The summed E-state index contributed by atoms with van der Waals surface area (Å²) in [6.45, 7) is 6.44. The lowest BCUT2D eigenvalue weighted by Crippen LogP contribution is -2.12. The number of rotatable bonds is 6. The number of nitrogens with zero attached hydrogens (tertiary/aromatic N) is 2. The topological polar surface area (TPSA) is 92.8 Å². The number of hydrogen-bond acceptors (Lipinski definition) is 7. The molecule has 32 heavy (non-hydrogen) atoms. The van der Waals surface area contributed by atoms with Gasteiger partial charge in [0.25, 0.3) is 0 Å². The molecule has 3 aromatic rings. The quantitative estimate of drug-likeness (QED) is 0.328. The Hall–Kier alpha value is -3.81. The molecule has 166 valence electrons. The van der Waals surface area contributed by atoms with E-state index in [0.29, 0.717) is 41.9 Å². The minimum absolute atomic E-state index is 0.318. The van der Waals surface area contributed by atoms with Crippen molar-refractivity contribution in [2.75, 3.05) is 19.8 Å². The summed E-state index contributed by atoms with van der Waals surface area (Å²) in [5.41, 5.74) is 3.10. The maximum atomic E-state index is 12.4. The zero-order valence-electron chi connectivity index (χ0n) is 18.2. The van der Waals surface area contributed by atoms with E-state index in [9.17, 15) is 9.59 Å². The lowest BCUT2D eigenvalue weighted by atomic mass is 10.1. The maximum Gasteiger partial charge on any atom is 0.331 e. The summed E-state index contributed by atoms with van der Waals surface area (Å²) in [6.07, 6.45) is 3.75. The van der Waals surface area contributed by atoms with Gasteiger partial charge in [0.2, 0.25) is 0 Å². The van der Waals surface area contributed by atoms with E-state index in [2.05, 4.69) is 5.16 Å². The zero-order valence-corrected chi connectivity index (χ0v) is 18.2. The summed E-state index contributed by atoms with van der Waals surface area (Å²) < 4.78 is 23.4. The molecule has 0 radical (unpaired) electrons. The summed E-state index contributed by atoms with van der Waals surface area (Å²) in [5, 5.41) is 4.04. The highest BCUT2D eigenvalue weighted by Crippen LogP contribution is 2.30. The van der Waals surface area contributed by atoms with Crippen molar-refractivity contribution in [1.82, 2.24) is 9.72 Å². The predicted octanol–water partition coefficient (Wildman–Crippen LogP) is 3.99. The van der Waals surface area contributed by atoms with Gasteiger partial charge in [-0.1, -0.05) is 5.16 Å². The van der Waals surface area contributed by atoms with Gasteiger partial charge in [0.05, 0.1) is 13.2 Å². The Morgan fingerprint density at radius 3 is 2.62 bits per heavy atom. The molecule has 0 N–H and O–H groups in total. The van der Waals surface area contributed by atoms with Gasteiger partial charge in [-0.2, -0.15) is 0 Å². The molecule has 1 aliphatic heterocycles. The first-order chi connectivity index (χ1) is 15.4. The number of Topliss-reactive ketones (excluding diaryl/α,β-unsaturated/α-hetero) is 1. The normalized spacial score (nSPS) is 13.2. The molecule has 3 heterocycles. The van der Waals surface area contributed by atoms with Crippen LogP contribution in [0.2, 0.25) is 0 Å². The second-order valence-electron chi connectivity index (χ2n) is 7.53. The molecule has 8 nitrogen and oxygen atoms in total. The van der Waals surface area contributed by atoms with Gasteiger partial charge in [-0.25, -0.2) is 4.79 Å². The van der Waals surface area contributed by atoms with E-state index >= 15 is 0 Å². The van der Waals surface area contributed by atoms with E-state index < -0.39 is 5.97 Å². The molecule has 0 saturated carbocycles. The van der Waals surface area contributed by atoms with Crippen molar-refractivity contribution in [2.24, 2.45) is 0 Å². The van der Waals surface area contributed by atoms with E-state index in [0.717, 1.165) is 23.4 Å². The van der Waals surface area contributed by atoms with Crippen LogP contribution in [-0.2, 0) is 9.53 Å². The van der Waals surface area contributed by atoms with Gasteiger partial charge in [-0.05, 0) is 56.7 Å². The van der Waals surface area contributed by atoms with Gasteiger partial charge in [-0.3, -0.25) is 9.36 Å². The summed E-state index contributed by atoms with van der Waals surface area (Å²) in [4.78, 5) is 24.6. The summed E-state index contributed by atoms with van der Waals surface area (Å²) in [5.74, 6) is 1.61. The average molecular weight is 436 g/mol. The predicted molar refractivity (Wildman–Crippen MR) is 116 cm³/mol. The maximum absolute atomic E-state index is 12.4. The number of ether oxygens (including phenoxy) is 3. The van der Waals surface area contributed by atoms with E-state index in [1.165, 1.54) is 6.08 Å². The molecule has 0 bridgehead atoms. The molecule has 1 aliphatic rings. The first kappa shape index (κ1) is 21.4. The highest BCUT2D eigenvalue weighted by Gasteiger charge is 2.16. The van der Waals surface area contributed by atoms with Crippen LogP contribution in [0.3, 0.4) is 0 Å². The lowest BCUT2D eigenvalue weighted by molar-refractivity contribution is -0.136. The molecule has 0 spiro atoms. The highest BCUT2D eigenvalue weighted by molar-refractivity contribution is 5.99. The van der Waals surface area contributed by atoms with E-state index in [1.54, 1.807) is 24.3 Å². The van der Waals surface area contributed by atoms with Gasteiger partial charge in [0, 0.05) is 35.5 Å². The van der Waals surface area contributed by atoms with Crippen molar-refractivity contribution < 1.29 is 28.3 Å². The van der Waals surface area contributed by atoms with Crippen molar-refractivity contribution in [3.8, 4) is 17.3 Å². The Morgan fingerprint density at radius 2 is 1.88 bits per heavy atom. The molecule has 2 aromatic heterocycles. The number of esters is 1. The molecule has 0 fully saturated rings. The number of ketones is 1. The van der Waals surface area contributed by atoms with Crippen molar-refractivity contribution in [2.45, 2.75) is 27.2 Å². The second-order valence-corrected chi connectivity index (χ2v) is 7.53. The fourth-order valence-electron chi connectivity index (χ4n) is 3.53. The Bertz CT molecular complexity index is 1190. The number of hydrogen-bond donors (Lipinski definition) is 0. The van der Waals surface area contributed by atoms with Crippen LogP contribution in [0.25, 0.3) is 11.9 Å². The Balaban J connectivity index is 1.38. The fourth-order valence-corrected chi connectivity index (χ4v) is 3.53. The number of fused-ring (bicyclic) bond motifs is 1. The second kappa shape index (κ2) is 9.13. The number of aromatic nitrogens is 2. The largest absolute Gasteiger partial charge is 0.490 e. The smallest absolute Gasteiger partial charge is 0.331 e. The molecule has 1 aromatic carbocycles. The minimum Gasteiger partial charge on any atom is -0.490 e. The van der Waals surface area contributed by atoms with Crippen LogP contribution in [0.5, 0.6) is 11.5 Å². The van der Waals surface area contributed by atoms with Gasteiger partial charge >= 0.3 is 5.97 Å². The van der Waals surface area contributed by atoms with E-state index in [-0.39, 0.29) is 12.4 Å². The fraction of sp³-hybridized carbons (Fsp3) is 0.292. The third kappa shape index (κ3) is 4.59. The van der Waals surface area contributed by atoms with Crippen molar-refractivity contribution in [1.29, 1.82) is 0 Å². The molecule has 8 heteroatoms. The van der Waals surface area contributed by atoms with E-state index in [1.807, 2.05) is 37.5 Å². The number of carbonyl (C=O) groups is 2. The minimum atomic E-state index is -0.602. The van der Waals surface area contributed by atoms with Crippen molar-refractivity contribution >= 4 is 17.8 Å². The van der Waals surface area contributed by atoms with Crippen LogP contribution in [0.1, 0.15) is 39.5 Å². The molecule has 0 amide bonds. The van der Waals surface area contributed by atoms with E-state index in [4.69, 9.17) is 18.7 Å². The molecule has 0 atom stereocenters. The Kier molecular flexibility index (Phi) is 6.11. The standard InChI is InChI=1S/C24H24N2O6/c1-15-11-18(17(3)26(15)23-12-16(2)32-25-23)6-8-24(28)31-14-20(27)19-5-7-21-22(13-19)30-10-4-9-29-21/h5-8,11-13H,4,9-10,14H2,1-3H3/b8-6+. The van der Waals surface area contributed by atoms with Crippen LogP contribution in [-0.4, -0.2) is 41.3 Å².